The van der Waals surface area contributed by atoms with Crippen molar-refractivity contribution in [3.05, 3.63) is 35.4 Å². The van der Waals surface area contributed by atoms with E-state index in [1.54, 1.807) is 11.8 Å². The highest BCUT2D eigenvalue weighted by atomic mass is 79.9. The van der Waals surface area contributed by atoms with Crippen LogP contribution in [0.4, 0.5) is 0 Å². The third kappa shape index (κ3) is 4.24. The summed E-state index contributed by atoms with van der Waals surface area (Å²) in [6.45, 7) is 1.46. The number of rotatable bonds is 4. The Labute approximate surface area is 132 Å². The van der Waals surface area contributed by atoms with Gasteiger partial charge in [-0.15, -0.1) is 11.8 Å². The van der Waals surface area contributed by atoms with Crippen LogP contribution in [0.15, 0.2) is 24.3 Å². The Morgan fingerprint density at radius 3 is 2.95 bits per heavy atom. The van der Waals surface area contributed by atoms with Crippen molar-refractivity contribution in [1.29, 1.82) is 0 Å². The normalized spacial score (nSPS) is 26.2. The van der Waals surface area contributed by atoms with Gasteiger partial charge in [-0.25, -0.2) is 0 Å². The van der Waals surface area contributed by atoms with E-state index in [4.69, 9.17) is 9.47 Å². The quantitative estimate of drug-likeness (QED) is 0.600. The Balaban J connectivity index is 2.14. The largest absolute Gasteiger partial charge is 0.462 e. The molecule has 0 aliphatic carbocycles. The molecule has 0 saturated carbocycles. The second-order valence-electron chi connectivity index (χ2n) is 4.87. The van der Waals surface area contributed by atoms with Gasteiger partial charge in [-0.3, -0.25) is 4.79 Å². The van der Waals surface area contributed by atoms with Crippen molar-refractivity contribution in [3.8, 4) is 0 Å². The molecule has 3 atom stereocenters. The summed E-state index contributed by atoms with van der Waals surface area (Å²) >= 11 is 5.13. The molecule has 0 bridgehead atoms. The maximum atomic E-state index is 11.2. The molecule has 1 aromatic rings. The van der Waals surface area contributed by atoms with E-state index in [0.29, 0.717) is 0 Å². The van der Waals surface area contributed by atoms with Crippen molar-refractivity contribution in [2.45, 2.75) is 42.7 Å². The lowest BCUT2D eigenvalue weighted by molar-refractivity contribution is -0.155. The van der Waals surface area contributed by atoms with Gasteiger partial charge in [0.05, 0.1) is 6.10 Å². The predicted molar refractivity (Wildman–Crippen MR) is 85.0 cm³/mol. The summed E-state index contributed by atoms with van der Waals surface area (Å²) in [4.78, 5) is 11.2. The molecule has 2 rings (SSSR count). The van der Waals surface area contributed by atoms with Crippen LogP contribution in [0.25, 0.3) is 0 Å². The zero-order valence-electron chi connectivity index (χ0n) is 11.7. The van der Waals surface area contributed by atoms with Gasteiger partial charge in [-0.05, 0) is 17.4 Å². The molecule has 0 N–H and O–H groups in total. The molecule has 1 aromatic carbocycles. The summed E-state index contributed by atoms with van der Waals surface area (Å²) in [6, 6.07) is 8.34. The molecular formula is C15H19BrO3S. The topological polar surface area (TPSA) is 35.5 Å². The first-order valence-corrected chi connectivity index (χ1v) is 9.03. The Morgan fingerprint density at radius 1 is 1.50 bits per heavy atom. The van der Waals surface area contributed by atoms with Crippen LogP contribution in [0.3, 0.4) is 0 Å². The molecular weight excluding hydrogens is 340 g/mol. The van der Waals surface area contributed by atoms with Gasteiger partial charge < -0.3 is 9.47 Å². The zero-order chi connectivity index (χ0) is 14.5. The number of esters is 1. The third-order valence-corrected chi connectivity index (χ3v) is 4.80. The van der Waals surface area contributed by atoms with Gasteiger partial charge in [-0.1, -0.05) is 40.2 Å². The number of halogens is 1. The lowest BCUT2D eigenvalue weighted by Crippen LogP contribution is -2.32. The molecule has 1 fully saturated rings. The van der Waals surface area contributed by atoms with Gasteiger partial charge in [0.15, 0.2) is 0 Å². The first-order valence-electron chi connectivity index (χ1n) is 6.62. The molecule has 0 spiro atoms. The van der Waals surface area contributed by atoms with Crippen LogP contribution >= 0.6 is 27.7 Å². The summed E-state index contributed by atoms with van der Waals surface area (Å²) in [5.74, 6) is -0.218. The van der Waals surface area contributed by atoms with Gasteiger partial charge >= 0.3 is 5.97 Å². The molecule has 1 aliphatic rings. The number of carbonyl (C=O) groups excluding carboxylic acids is 1. The van der Waals surface area contributed by atoms with E-state index in [1.165, 1.54) is 12.5 Å². The molecule has 110 valence electrons. The van der Waals surface area contributed by atoms with E-state index in [2.05, 4.69) is 34.1 Å². The highest BCUT2D eigenvalue weighted by Gasteiger charge is 2.31. The number of hydrogen-bond acceptors (Lipinski definition) is 4. The van der Waals surface area contributed by atoms with E-state index < -0.39 is 0 Å². The second kappa shape index (κ2) is 7.48. The minimum absolute atomic E-state index is 0.00968. The van der Waals surface area contributed by atoms with Gasteiger partial charge in [-0.2, -0.15) is 0 Å². The fraction of sp³-hybridized carbons (Fsp3) is 0.533. The van der Waals surface area contributed by atoms with Crippen LogP contribution in [-0.2, 0) is 19.6 Å². The molecule has 20 heavy (non-hydrogen) atoms. The van der Waals surface area contributed by atoms with Crippen LogP contribution in [0.2, 0.25) is 0 Å². The minimum Gasteiger partial charge on any atom is -0.462 e. The molecule has 1 heterocycles. The van der Waals surface area contributed by atoms with Gasteiger partial charge in [0.25, 0.3) is 0 Å². The summed E-state index contributed by atoms with van der Waals surface area (Å²) < 4.78 is 11.5. The number of hydrogen-bond donors (Lipinski definition) is 0. The minimum atomic E-state index is -0.218. The van der Waals surface area contributed by atoms with Crippen molar-refractivity contribution in [2.75, 3.05) is 6.26 Å². The number of carbonyl (C=O) groups is 1. The van der Waals surface area contributed by atoms with Crippen molar-refractivity contribution in [1.82, 2.24) is 0 Å². The standard InChI is InChI=1S/C15H19BrO3S/c1-10(17)18-13-7-14(19-15(8-13)20-2)12-5-3-4-11(6-12)9-16/h3-6,13-15H,7-9H2,1-2H3. The Hall–Kier alpha value is -0.520. The maximum absolute atomic E-state index is 11.2. The summed E-state index contributed by atoms with van der Waals surface area (Å²) in [5.41, 5.74) is 2.45. The molecule has 0 aromatic heterocycles. The SMILES string of the molecule is CSC1CC(OC(C)=O)CC(c2cccc(CBr)c2)O1. The molecule has 0 amide bonds. The molecule has 1 aliphatic heterocycles. The van der Waals surface area contributed by atoms with Crippen LogP contribution < -0.4 is 0 Å². The van der Waals surface area contributed by atoms with Crippen LogP contribution in [0, 0.1) is 0 Å². The fourth-order valence-electron chi connectivity index (χ4n) is 2.42. The molecule has 0 radical (unpaired) electrons. The lowest BCUT2D eigenvalue weighted by Gasteiger charge is -2.34. The van der Waals surface area contributed by atoms with Crippen molar-refractivity contribution in [3.63, 3.8) is 0 Å². The Bertz CT molecular complexity index is 466. The Kier molecular flexibility index (Phi) is 5.93. The number of alkyl halides is 1. The van der Waals surface area contributed by atoms with Crippen molar-refractivity contribution in [2.24, 2.45) is 0 Å². The molecule has 3 unspecified atom stereocenters. The van der Waals surface area contributed by atoms with E-state index in [1.807, 2.05) is 12.3 Å². The van der Waals surface area contributed by atoms with Crippen molar-refractivity contribution < 1.29 is 14.3 Å². The van der Waals surface area contributed by atoms with Crippen LogP contribution in [0.1, 0.15) is 37.0 Å². The molecule has 3 nitrogen and oxygen atoms in total. The smallest absolute Gasteiger partial charge is 0.302 e. The van der Waals surface area contributed by atoms with Crippen molar-refractivity contribution >= 4 is 33.7 Å². The monoisotopic (exact) mass is 358 g/mol. The predicted octanol–water partition coefficient (Wildman–Crippen LogP) is 4.05. The van der Waals surface area contributed by atoms with Gasteiger partial charge in [0, 0.05) is 25.1 Å². The molecule has 5 heteroatoms. The van der Waals surface area contributed by atoms with E-state index in [0.717, 1.165) is 23.7 Å². The first kappa shape index (κ1) is 15.9. The van der Waals surface area contributed by atoms with E-state index >= 15 is 0 Å². The summed E-state index contributed by atoms with van der Waals surface area (Å²) in [6.07, 6.45) is 3.44. The van der Waals surface area contributed by atoms with Gasteiger partial charge in [0.1, 0.15) is 11.5 Å². The fourth-order valence-corrected chi connectivity index (χ4v) is 3.42. The highest BCUT2D eigenvalue weighted by molar-refractivity contribution is 9.08. The van der Waals surface area contributed by atoms with Gasteiger partial charge in [0.2, 0.25) is 0 Å². The number of thioether (sulfide) groups is 1. The van der Waals surface area contributed by atoms with E-state index in [-0.39, 0.29) is 23.6 Å². The van der Waals surface area contributed by atoms with Crippen LogP contribution in [0.5, 0.6) is 0 Å². The summed E-state index contributed by atoms with van der Waals surface area (Å²) in [7, 11) is 0. The van der Waals surface area contributed by atoms with Crippen LogP contribution in [-0.4, -0.2) is 23.8 Å². The highest BCUT2D eigenvalue weighted by Crippen LogP contribution is 2.36. The third-order valence-electron chi connectivity index (χ3n) is 3.32. The average Bonchev–Trinajstić information content (AvgIpc) is 2.46. The summed E-state index contributed by atoms with van der Waals surface area (Å²) in [5, 5.41) is 0.826. The Morgan fingerprint density at radius 2 is 2.30 bits per heavy atom. The first-order chi connectivity index (χ1) is 9.62. The lowest BCUT2D eigenvalue weighted by atomic mass is 9.98. The number of ether oxygens (including phenoxy) is 2. The number of benzene rings is 1. The maximum Gasteiger partial charge on any atom is 0.302 e. The average molecular weight is 359 g/mol. The second-order valence-corrected chi connectivity index (χ2v) is 6.43. The zero-order valence-corrected chi connectivity index (χ0v) is 14.1. The van der Waals surface area contributed by atoms with E-state index in [9.17, 15) is 4.79 Å². The molecule has 1 saturated heterocycles.